The summed E-state index contributed by atoms with van der Waals surface area (Å²) in [5.74, 6) is 0.407. The molecule has 166 valence electrons. The zero-order valence-electron chi connectivity index (χ0n) is 18.3. The first-order valence-corrected chi connectivity index (χ1v) is 10.9. The molecule has 7 nitrogen and oxygen atoms in total. The van der Waals surface area contributed by atoms with E-state index in [2.05, 4.69) is 26.5 Å². The summed E-state index contributed by atoms with van der Waals surface area (Å²) in [5, 5.41) is 18.6. The number of nitrogens with two attached hydrogens (primary N) is 1. The second-order valence-corrected chi connectivity index (χ2v) is 8.57. The van der Waals surface area contributed by atoms with Crippen molar-refractivity contribution in [3.8, 4) is 11.9 Å². The van der Waals surface area contributed by atoms with Crippen molar-refractivity contribution in [2.45, 2.75) is 26.7 Å². The highest BCUT2D eigenvalue weighted by Gasteiger charge is 2.20. The first-order chi connectivity index (χ1) is 15.8. The lowest BCUT2D eigenvalue weighted by Crippen LogP contribution is -2.10. The predicted molar refractivity (Wildman–Crippen MR) is 131 cm³/mol. The van der Waals surface area contributed by atoms with E-state index in [-0.39, 0.29) is 0 Å². The molecule has 33 heavy (non-hydrogen) atoms. The van der Waals surface area contributed by atoms with Crippen molar-refractivity contribution in [2.75, 3.05) is 11.1 Å². The number of aromatic nitrogens is 4. The maximum absolute atomic E-state index is 9.82. The Kier molecular flexibility index (Phi) is 6.23. The van der Waals surface area contributed by atoms with Gasteiger partial charge in [0.2, 0.25) is 0 Å². The quantitative estimate of drug-likeness (QED) is 0.371. The van der Waals surface area contributed by atoms with Gasteiger partial charge >= 0.3 is 0 Å². The number of hydrogen-bond donors (Lipinski definition) is 2. The van der Waals surface area contributed by atoms with Crippen molar-refractivity contribution < 1.29 is 0 Å². The lowest BCUT2D eigenvalue weighted by Gasteiger charge is -2.17. The van der Waals surface area contributed by atoms with E-state index in [1.54, 1.807) is 22.9 Å². The van der Waals surface area contributed by atoms with Crippen LogP contribution in [-0.2, 0) is 0 Å². The number of aryl methyl sites for hydroxylation is 3. The summed E-state index contributed by atoms with van der Waals surface area (Å²) < 4.78 is 1.68. The molecule has 4 aromatic rings. The SMILES string of the molecule is Cc1cc(C)n(-c2ncnc(Nc3cc(Cl)c(C(C#N)c4ccc(Cl)cc4)cc3C)c2N)n1. The van der Waals surface area contributed by atoms with Crippen molar-refractivity contribution in [3.05, 3.63) is 86.9 Å². The van der Waals surface area contributed by atoms with Gasteiger partial charge in [0, 0.05) is 21.4 Å². The summed E-state index contributed by atoms with van der Waals surface area (Å²) >= 11 is 12.6. The Morgan fingerprint density at radius 2 is 1.79 bits per heavy atom. The molecule has 0 bridgehead atoms. The topological polar surface area (TPSA) is 105 Å². The van der Waals surface area contributed by atoms with E-state index in [1.165, 1.54) is 6.33 Å². The van der Waals surface area contributed by atoms with Gasteiger partial charge in [-0.15, -0.1) is 0 Å². The minimum absolute atomic E-state index is 0.361. The highest BCUT2D eigenvalue weighted by molar-refractivity contribution is 6.32. The van der Waals surface area contributed by atoms with Gasteiger partial charge in [0.05, 0.1) is 17.7 Å². The summed E-state index contributed by atoms with van der Waals surface area (Å²) in [7, 11) is 0. The molecule has 0 aliphatic heterocycles. The van der Waals surface area contributed by atoms with Gasteiger partial charge in [-0.05, 0) is 61.7 Å². The molecule has 0 radical (unpaired) electrons. The lowest BCUT2D eigenvalue weighted by molar-refractivity contribution is 0.804. The fourth-order valence-corrected chi connectivity index (χ4v) is 4.06. The van der Waals surface area contributed by atoms with Crippen molar-refractivity contribution in [2.24, 2.45) is 0 Å². The number of nitriles is 1. The van der Waals surface area contributed by atoms with Gasteiger partial charge in [0.1, 0.15) is 12.0 Å². The highest BCUT2D eigenvalue weighted by Crippen LogP contribution is 2.36. The van der Waals surface area contributed by atoms with Crippen LogP contribution in [-0.4, -0.2) is 19.7 Å². The monoisotopic (exact) mass is 477 g/mol. The van der Waals surface area contributed by atoms with Crippen LogP contribution in [0.1, 0.15) is 34.0 Å². The number of nitrogens with one attached hydrogen (secondary N) is 1. The van der Waals surface area contributed by atoms with Crippen molar-refractivity contribution >= 4 is 40.4 Å². The predicted octanol–water partition coefficient (Wildman–Crippen LogP) is 5.88. The maximum Gasteiger partial charge on any atom is 0.182 e. The van der Waals surface area contributed by atoms with Crippen molar-refractivity contribution in [1.29, 1.82) is 5.26 Å². The van der Waals surface area contributed by atoms with Gasteiger partial charge in [-0.3, -0.25) is 0 Å². The van der Waals surface area contributed by atoms with Gasteiger partial charge in [0.25, 0.3) is 0 Å². The Balaban J connectivity index is 1.69. The molecular weight excluding hydrogens is 457 g/mol. The second-order valence-electron chi connectivity index (χ2n) is 7.73. The highest BCUT2D eigenvalue weighted by atomic mass is 35.5. The number of nitrogens with zero attached hydrogens (tertiary/aromatic N) is 5. The molecule has 1 atom stereocenters. The Labute approximate surface area is 201 Å². The minimum Gasteiger partial charge on any atom is -0.393 e. The molecule has 9 heteroatoms. The van der Waals surface area contributed by atoms with Gasteiger partial charge in [-0.2, -0.15) is 10.4 Å². The molecule has 2 heterocycles. The third-order valence-corrected chi connectivity index (χ3v) is 5.89. The molecule has 0 amide bonds. The Bertz CT molecular complexity index is 1370. The molecule has 0 aliphatic rings. The summed E-state index contributed by atoms with van der Waals surface area (Å²) in [6, 6.07) is 15.1. The first kappa shape index (κ1) is 22.6. The van der Waals surface area contributed by atoms with E-state index < -0.39 is 5.92 Å². The second kappa shape index (κ2) is 9.10. The Hall–Kier alpha value is -3.60. The van der Waals surface area contributed by atoms with Crippen LogP contribution in [0.4, 0.5) is 17.2 Å². The van der Waals surface area contributed by atoms with E-state index in [0.717, 1.165) is 28.2 Å². The van der Waals surface area contributed by atoms with E-state index >= 15 is 0 Å². The summed E-state index contributed by atoms with van der Waals surface area (Å²) in [5.41, 5.74) is 11.7. The molecule has 2 aromatic carbocycles. The van der Waals surface area contributed by atoms with Crippen LogP contribution in [0.3, 0.4) is 0 Å². The average Bonchev–Trinajstić information content (AvgIpc) is 3.12. The molecule has 2 aromatic heterocycles. The number of anilines is 3. The third kappa shape index (κ3) is 4.49. The lowest BCUT2D eigenvalue weighted by atomic mass is 9.91. The average molecular weight is 478 g/mol. The Morgan fingerprint density at radius 1 is 1.06 bits per heavy atom. The molecular formula is C24H21Cl2N7. The fraction of sp³-hybridized carbons (Fsp3) is 0.167. The van der Waals surface area contributed by atoms with Crippen molar-refractivity contribution in [3.63, 3.8) is 0 Å². The van der Waals surface area contributed by atoms with E-state index in [1.807, 2.05) is 45.0 Å². The fourth-order valence-electron chi connectivity index (χ4n) is 3.66. The molecule has 0 saturated carbocycles. The number of hydrogen-bond acceptors (Lipinski definition) is 6. The van der Waals surface area contributed by atoms with Crippen LogP contribution in [0.25, 0.3) is 5.82 Å². The standard InChI is InChI=1S/C24H21Cl2N7/c1-13-8-18(19(11-27)16-4-6-17(25)7-5-16)20(26)10-21(13)31-23-22(28)24(30-12-29-23)33-15(3)9-14(2)32-33/h4-10,12,19H,28H2,1-3H3,(H,29,30,31). The van der Waals surface area contributed by atoms with Crippen LogP contribution >= 0.6 is 23.2 Å². The smallest absolute Gasteiger partial charge is 0.182 e. The molecule has 0 spiro atoms. The molecule has 0 fully saturated rings. The van der Waals surface area contributed by atoms with Crippen LogP contribution < -0.4 is 11.1 Å². The van der Waals surface area contributed by atoms with Gasteiger partial charge in [0.15, 0.2) is 11.6 Å². The molecule has 0 saturated heterocycles. The molecule has 1 unspecified atom stereocenters. The van der Waals surface area contributed by atoms with Gasteiger partial charge in [-0.1, -0.05) is 41.4 Å². The number of nitrogen functional groups attached to an aromatic ring is 1. The Morgan fingerprint density at radius 3 is 2.42 bits per heavy atom. The molecule has 4 rings (SSSR count). The van der Waals surface area contributed by atoms with Gasteiger partial charge < -0.3 is 11.1 Å². The molecule has 3 N–H and O–H groups in total. The van der Waals surface area contributed by atoms with Crippen molar-refractivity contribution in [1.82, 2.24) is 19.7 Å². The van der Waals surface area contributed by atoms with Crippen LogP contribution in [0.5, 0.6) is 0 Å². The van der Waals surface area contributed by atoms with Crippen LogP contribution in [0.2, 0.25) is 10.0 Å². The first-order valence-electron chi connectivity index (χ1n) is 10.1. The van der Waals surface area contributed by atoms with Crippen LogP contribution in [0, 0.1) is 32.1 Å². The maximum atomic E-state index is 9.82. The number of rotatable bonds is 5. The normalized spacial score (nSPS) is 11.8. The number of halogens is 2. The van der Waals surface area contributed by atoms with E-state index in [4.69, 9.17) is 28.9 Å². The van der Waals surface area contributed by atoms with Crippen LogP contribution in [0.15, 0.2) is 48.8 Å². The zero-order valence-corrected chi connectivity index (χ0v) is 19.8. The third-order valence-electron chi connectivity index (χ3n) is 5.31. The van der Waals surface area contributed by atoms with Gasteiger partial charge in [-0.25, -0.2) is 14.6 Å². The summed E-state index contributed by atoms with van der Waals surface area (Å²) in [6.45, 7) is 5.77. The largest absolute Gasteiger partial charge is 0.393 e. The number of benzene rings is 2. The van der Waals surface area contributed by atoms with E-state index in [0.29, 0.717) is 32.9 Å². The zero-order chi connectivity index (χ0) is 23.7. The summed E-state index contributed by atoms with van der Waals surface area (Å²) in [6.07, 6.45) is 1.43. The minimum atomic E-state index is -0.524. The molecule has 0 aliphatic carbocycles. The van der Waals surface area contributed by atoms with E-state index in [9.17, 15) is 5.26 Å². The summed E-state index contributed by atoms with van der Waals surface area (Å²) in [4.78, 5) is 8.61.